The van der Waals surface area contributed by atoms with Crippen molar-refractivity contribution >= 4 is 18.4 Å². The van der Waals surface area contributed by atoms with Gasteiger partial charge in [-0.2, -0.15) is 0 Å². The number of hydrogen-bond acceptors (Lipinski definition) is 4. The lowest BCUT2D eigenvalue weighted by molar-refractivity contribution is 0.00578. The number of nitrogen functional groups attached to an aromatic ring is 1. The van der Waals surface area contributed by atoms with Gasteiger partial charge in [0.05, 0.1) is 11.2 Å². The van der Waals surface area contributed by atoms with Gasteiger partial charge in [0, 0.05) is 11.7 Å². The smallest absolute Gasteiger partial charge is 0.399 e. The first kappa shape index (κ1) is 12.9. The molecule has 1 saturated heterocycles. The highest BCUT2D eigenvalue weighted by Crippen LogP contribution is 2.42. The van der Waals surface area contributed by atoms with Crippen LogP contribution < -0.4 is 11.2 Å². The zero-order valence-corrected chi connectivity index (χ0v) is 12.1. The summed E-state index contributed by atoms with van der Waals surface area (Å²) in [6.07, 6.45) is 4.18. The van der Waals surface area contributed by atoms with E-state index in [1.165, 1.54) is 12.8 Å². The quantitative estimate of drug-likeness (QED) is 0.824. The van der Waals surface area contributed by atoms with Crippen LogP contribution in [0, 0.1) is 0 Å². The summed E-state index contributed by atoms with van der Waals surface area (Å²) in [5.41, 5.74) is 7.41. The Bertz CT molecular complexity index is 496. The molecule has 3 rings (SSSR count). The third-order valence-electron chi connectivity index (χ3n) is 4.51. The first-order valence-electron chi connectivity index (χ1n) is 6.91. The molecule has 0 aromatic carbocycles. The Kier molecular flexibility index (Phi) is 2.70. The minimum atomic E-state index is -0.351. The standard InChI is InChI=1S/C14H21BN2O2/c1-13(2)14(3,4)19-15(18-13)10-7-11(9-5-6-9)12(16)17-8-10/h7-9H,5-6H2,1-4H3,(H2,16,17). The first-order valence-corrected chi connectivity index (χ1v) is 6.91. The van der Waals surface area contributed by atoms with Gasteiger partial charge < -0.3 is 15.0 Å². The van der Waals surface area contributed by atoms with Crippen LogP contribution in [-0.4, -0.2) is 23.3 Å². The molecule has 0 atom stereocenters. The molecule has 0 unspecified atom stereocenters. The van der Waals surface area contributed by atoms with Gasteiger partial charge in [0.1, 0.15) is 5.82 Å². The summed E-state index contributed by atoms with van der Waals surface area (Å²) in [5, 5.41) is 0. The van der Waals surface area contributed by atoms with Crippen molar-refractivity contribution in [2.75, 3.05) is 5.73 Å². The predicted octanol–water partition coefficient (Wildman–Crippen LogP) is 1.84. The van der Waals surface area contributed by atoms with E-state index in [2.05, 4.69) is 38.7 Å². The van der Waals surface area contributed by atoms with Crippen molar-refractivity contribution in [2.45, 2.75) is 57.7 Å². The average Bonchev–Trinajstić information content (AvgIpc) is 3.08. The maximum Gasteiger partial charge on any atom is 0.496 e. The molecule has 0 spiro atoms. The molecule has 1 saturated carbocycles. The Morgan fingerprint density at radius 2 is 1.79 bits per heavy atom. The summed E-state index contributed by atoms with van der Waals surface area (Å²) in [7, 11) is -0.351. The molecule has 0 amide bonds. The summed E-state index contributed by atoms with van der Waals surface area (Å²) in [5.74, 6) is 1.22. The van der Waals surface area contributed by atoms with E-state index in [0.29, 0.717) is 11.7 Å². The molecule has 2 N–H and O–H groups in total. The molecule has 1 aliphatic carbocycles. The van der Waals surface area contributed by atoms with Crippen LogP contribution in [0.4, 0.5) is 5.82 Å². The number of hydrogen-bond donors (Lipinski definition) is 1. The number of aromatic nitrogens is 1. The van der Waals surface area contributed by atoms with Gasteiger partial charge in [0.2, 0.25) is 0 Å². The fourth-order valence-electron chi connectivity index (χ4n) is 2.34. The van der Waals surface area contributed by atoms with Crippen LogP contribution in [0.3, 0.4) is 0 Å². The molecular formula is C14H21BN2O2. The van der Waals surface area contributed by atoms with Gasteiger partial charge in [0.25, 0.3) is 0 Å². The fraction of sp³-hybridized carbons (Fsp3) is 0.643. The van der Waals surface area contributed by atoms with Crippen molar-refractivity contribution in [3.8, 4) is 0 Å². The van der Waals surface area contributed by atoms with Crippen LogP contribution >= 0.6 is 0 Å². The zero-order chi connectivity index (χ0) is 13.8. The van der Waals surface area contributed by atoms with Crippen LogP contribution in [0.25, 0.3) is 0 Å². The van der Waals surface area contributed by atoms with Gasteiger partial charge in [-0.25, -0.2) is 4.98 Å². The van der Waals surface area contributed by atoms with Crippen molar-refractivity contribution in [2.24, 2.45) is 0 Å². The Labute approximate surface area is 114 Å². The summed E-state index contributed by atoms with van der Waals surface area (Å²) < 4.78 is 12.1. The van der Waals surface area contributed by atoms with E-state index in [-0.39, 0.29) is 18.3 Å². The SMILES string of the molecule is CC1(C)OB(c2cnc(N)c(C3CC3)c2)OC1(C)C. The van der Waals surface area contributed by atoms with E-state index in [4.69, 9.17) is 15.0 Å². The van der Waals surface area contributed by atoms with Crippen LogP contribution in [0.5, 0.6) is 0 Å². The second-order valence-corrected chi connectivity index (χ2v) is 6.61. The lowest BCUT2D eigenvalue weighted by Gasteiger charge is -2.32. The van der Waals surface area contributed by atoms with Gasteiger partial charge in [-0.05, 0) is 52.0 Å². The number of nitrogens with two attached hydrogens (primary N) is 1. The Balaban J connectivity index is 1.90. The number of pyridine rings is 1. The largest absolute Gasteiger partial charge is 0.496 e. The molecule has 0 bridgehead atoms. The molecule has 5 heteroatoms. The van der Waals surface area contributed by atoms with E-state index in [1.807, 2.05) is 0 Å². The van der Waals surface area contributed by atoms with E-state index in [9.17, 15) is 0 Å². The number of nitrogens with zero attached hydrogens (tertiary/aromatic N) is 1. The van der Waals surface area contributed by atoms with Crippen molar-refractivity contribution in [3.63, 3.8) is 0 Å². The molecule has 1 aliphatic heterocycles. The highest BCUT2D eigenvalue weighted by Gasteiger charge is 2.52. The van der Waals surface area contributed by atoms with E-state index >= 15 is 0 Å². The van der Waals surface area contributed by atoms with Gasteiger partial charge >= 0.3 is 7.12 Å². The molecule has 0 radical (unpaired) electrons. The van der Waals surface area contributed by atoms with Gasteiger partial charge in [-0.1, -0.05) is 6.07 Å². The maximum atomic E-state index is 6.04. The highest BCUT2D eigenvalue weighted by atomic mass is 16.7. The van der Waals surface area contributed by atoms with Crippen molar-refractivity contribution in [1.29, 1.82) is 0 Å². The Hall–Kier alpha value is -1.07. The Morgan fingerprint density at radius 3 is 2.32 bits per heavy atom. The molecule has 4 nitrogen and oxygen atoms in total. The first-order chi connectivity index (χ1) is 8.80. The Morgan fingerprint density at radius 1 is 1.21 bits per heavy atom. The number of anilines is 1. The van der Waals surface area contributed by atoms with Crippen molar-refractivity contribution in [1.82, 2.24) is 4.98 Å². The molecule has 1 aromatic heterocycles. The van der Waals surface area contributed by atoms with Gasteiger partial charge in [0.15, 0.2) is 0 Å². The number of rotatable bonds is 2. The van der Waals surface area contributed by atoms with Crippen LogP contribution in [-0.2, 0) is 9.31 Å². The third kappa shape index (κ3) is 2.15. The van der Waals surface area contributed by atoms with Crippen LogP contribution in [0.2, 0.25) is 0 Å². The minimum Gasteiger partial charge on any atom is -0.399 e. The second-order valence-electron chi connectivity index (χ2n) is 6.61. The molecule has 2 fully saturated rings. The highest BCUT2D eigenvalue weighted by molar-refractivity contribution is 6.62. The summed E-state index contributed by atoms with van der Waals surface area (Å²) in [4.78, 5) is 4.30. The van der Waals surface area contributed by atoms with Gasteiger partial charge in [-0.3, -0.25) is 0 Å². The monoisotopic (exact) mass is 260 g/mol. The molecular weight excluding hydrogens is 239 g/mol. The fourth-order valence-corrected chi connectivity index (χ4v) is 2.34. The van der Waals surface area contributed by atoms with Crippen LogP contribution in [0.15, 0.2) is 12.3 Å². The minimum absolute atomic E-state index is 0.321. The zero-order valence-electron chi connectivity index (χ0n) is 12.1. The lowest BCUT2D eigenvalue weighted by atomic mass is 9.79. The van der Waals surface area contributed by atoms with E-state index in [1.54, 1.807) is 6.20 Å². The second kappa shape index (κ2) is 3.96. The van der Waals surface area contributed by atoms with Crippen LogP contribution in [0.1, 0.15) is 52.0 Å². The van der Waals surface area contributed by atoms with E-state index in [0.717, 1.165) is 11.0 Å². The van der Waals surface area contributed by atoms with Gasteiger partial charge in [-0.15, -0.1) is 0 Å². The molecule has 102 valence electrons. The average molecular weight is 260 g/mol. The van der Waals surface area contributed by atoms with Crippen molar-refractivity contribution < 1.29 is 9.31 Å². The summed E-state index contributed by atoms with van der Waals surface area (Å²) in [6, 6.07) is 2.10. The molecule has 19 heavy (non-hydrogen) atoms. The van der Waals surface area contributed by atoms with Crippen molar-refractivity contribution in [3.05, 3.63) is 17.8 Å². The van der Waals surface area contributed by atoms with E-state index < -0.39 is 0 Å². The molecule has 1 aromatic rings. The summed E-state index contributed by atoms with van der Waals surface area (Å²) >= 11 is 0. The summed E-state index contributed by atoms with van der Waals surface area (Å²) in [6.45, 7) is 8.22. The topological polar surface area (TPSA) is 57.4 Å². The maximum absolute atomic E-state index is 6.04. The normalized spacial score (nSPS) is 24.7. The third-order valence-corrected chi connectivity index (χ3v) is 4.51. The lowest BCUT2D eigenvalue weighted by Crippen LogP contribution is -2.41. The predicted molar refractivity (Wildman–Crippen MR) is 76.3 cm³/mol. The molecule has 2 heterocycles. The molecule has 2 aliphatic rings.